The van der Waals surface area contributed by atoms with Crippen LogP contribution in [0, 0.1) is 13.8 Å². The van der Waals surface area contributed by atoms with Gasteiger partial charge in [0.1, 0.15) is 5.76 Å². The summed E-state index contributed by atoms with van der Waals surface area (Å²) in [5, 5.41) is 7.79. The number of nitrogens with two attached hydrogens (primary N) is 1. The van der Waals surface area contributed by atoms with Gasteiger partial charge in [-0.2, -0.15) is 0 Å². The molecule has 9 heteroatoms. The molecule has 0 bridgehead atoms. The van der Waals surface area contributed by atoms with Crippen LogP contribution in [-0.2, 0) is 0 Å². The van der Waals surface area contributed by atoms with Crippen LogP contribution in [0.15, 0.2) is 35.0 Å². The Labute approximate surface area is 179 Å². The summed E-state index contributed by atoms with van der Waals surface area (Å²) in [6.07, 6.45) is 3.18. The van der Waals surface area contributed by atoms with Crippen molar-refractivity contribution < 1.29 is 9.32 Å². The first-order valence-electron chi connectivity index (χ1n) is 9.79. The van der Waals surface area contributed by atoms with E-state index in [4.69, 9.17) is 21.9 Å². The number of aromatic nitrogens is 3. The second kappa shape index (κ2) is 8.31. The molecular formula is C21H23ClN6O2. The molecule has 1 aliphatic heterocycles. The van der Waals surface area contributed by atoms with E-state index in [0.717, 1.165) is 24.1 Å². The molecule has 8 nitrogen and oxygen atoms in total. The molecule has 3 N–H and O–H groups in total. The van der Waals surface area contributed by atoms with Crippen LogP contribution in [0.1, 0.15) is 34.7 Å². The molecule has 0 atom stereocenters. The highest BCUT2D eigenvalue weighted by Crippen LogP contribution is 2.31. The predicted molar refractivity (Wildman–Crippen MR) is 115 cm³/mol. The normalized spacial score (nSPS) is 14.7. The van der Waals surface area contributed by atoms with E-state index in [0.29, 0.717) is 46.8 Å². The first-order valence-corrected chi connectivity index (χ1v) is 10.2. The van der Waals surface area contributed by atoms with Crippen LogP contribution in [-0.4, -0.2) is 45.1 Å². The Morgan fingerprint density at radius 3 is 2.57 bits per heavy atom. The molecule has 3 heterocycles. The van der Waals surface area contributed by atoms with E-state index in [1.807, 2.05) is 18.7 Å². The Bertz CT molecular complexity index is 1040. The molecule has 2 aromatic heterocycles. The van der Waals surface area contributed by atoms with Crippen molar-refractivity contribution in [3.8, 4) is 11.3 Å². The van der Waals surface area contributed by atoms with Gasteiger partial charge in [0.05, 0.1) is 28.2 Å². The van der Waals surface area contributed by atoms with Gasteiger partial charge in [-0.25, -0.2) is 9.97 Å². The number of halogens is 1. The Hall–Kier alpha value is -3.13. The second-order valence-electron chi connectivity index (χ2n) is 7.42. The predicted octanol–water partition coefficient (Wildman–Crippen LogP) is 3.70. The van der Waals surface area contributed by atoms with E-state index in [9.17, 15) is 4.79 Å². The Morgan fingerprint density at radius 2 is 1.93 bits per heavy atom. The summed E-state index contributed by atoms with van der Waals surface area (Å²) >= 11 is 6.32. The molecule has 1 amide bonds. The molecule has 0 spiro atoms. The van der Waals surface area contributed by atoms with Gasteiger partial charge in [-0.3, -0.25) is 4.79 Å². The molecule has 0 aliphatic carbocycles. The van der Waals surface area contributed by atoms with Gasteiger partial charge in [0, 0.05) is 30.4 Å². The zero-order valence-corrected chi connectivity index (χ0v) is 17.6. The summed E-state index contributed by atoms with van der Waals surface area (Å²) in [7, 11) is 0. The number of likely N-dealkylation sites (tertiary alicyclic amines) is 1. The minimum atomic E-state index is 0.0249. The fourth-order valence-corrected chi connectivity index (χ4v) is 3.84. The van der Waals surface area contributed by atoms with Gasteiger partial charge in [0.25, 0.3) is 5.91 Å². The van der Waals surface area contributed by atoms with Crippen molar-refractivity contribution in [3.63, 3.8) is 0 Å². The lowest BCUT2D eigenvalue weighted by atomic mass is 10.0. The number of benzene rings is 1. The first-order chi connectivity index (χ1) is 14.4. The number of aryl methyl sites for hydroxylation is 2. The highest BCUT2D eigenvalue weighted by atomic mass is 35.5. The number of carbonyl (C=O) groups excluding carboxylic acids is 1. The van der Waals surface area contributed by atoms with Crippen LogP contribution in [0.3, 0.4) is 0 Å². The average molecular weight is 427 g/mol. The van der Waals surface area contributed by atoms with Crippen molar-refractivity contribution in [2.24, 2.45) is 0 Å². The highest BCUT2D eigenvalue weighted by Gasteiger charge is 2.25. The fourth-order valence-electron chi connectivity index (χ4n) is 3.65. The number of carbonyl (C=O) groups is 1. The van der Waals surface area contributed by atoms with Gasteiger partial charge in [-0.1, -0.05) is 16.8 Å². The number of anilines is 2. The van der Waals surface area contributed by atoms with Crippen molar-refractivity contribution >= 4 is 29.1 Å². The molecule has 1 aliphatic rings. The fraction of sp³-hybridized carbons (Fsp3) is 0.333. The third kappa shape index (κ3) is 4.09. The Balaban J connectivity index is 1.41. The second-order valence-corrected chi connectivity index (χ2v) is 7.83. The largest absolute Gasteiger partial charge is 0.399 e. The van der Waals surface area contributed by atoms with Crippen LogP contribution >= 0.6 is 11.6 Å². The van der Waals surface area contributed by atoms with Crippen molar-refractivity contribution in [1.82, 2.24) is 20.0 Å². The van der Waals surface area contributed by atoms with Gasteiger partial charge >= 0.3 is 0 Å². The average Bonchev–Trinajstić information content (AvgIpc) is 3.08. The van der Waals surface area contributed by atoms with Gasteiger partial charge in [0.2, 0.25) is 5.95 Å². The number of nitrogens with zero attached hydrogens (tertiary/aromatic N) is 4. The molecule has 0 saturated carbocycles. The maximum absolute atomic E-state index is 12.7. The smallest absolute Gasteiger partial charge is 0.253 e. The van der Waals surface area contributed by atoms with E-state index in [1.165, 1.54) is 0 Å². The van der Waals surface area contributed by atoms with E-state index < -0.39 is 0 Å². The van der Waals surface area contributed by atoms with E-state index in [-0.39, 0.29) is 11.9 Å². The van der Waals surface area contributed by atoms with Gasteiger partial charge < -0.3 is 20.5 Å². The van der Waals surface area contributed by atoms with Gasteiger partial charge in [-0.05, 0) is 51.0 Å². The summed E-state index contributed by atoms with van der Waals surface area (Å²) in [6, 6.07) is 7.19. The Kier molecular flexibility index (Phi) is 5.59. The summed E-state index contributed by atoms with van der Waals surface area (Å²) < 4.78 is 5.24. The van der Waals surface area contributed by atoms with Crippen molar-refractivity contribution in [2.45, 2.75) is 32.7 Å². The van der Waals surface area contributed by atoms with Gasteiger partial charge in [-0.15, -0.1) is 0 Å². The van der Waals surface area contributed by atoms with Crippen LogP contribution in [0.5, 0.6) is 0 Å². The van der Waals surface area contributed by atoms with E-state index in [1.54, 1.807) is 30.5 Å². The quantitative estimate of drug-likeness (QED) is 0.612. The third-order valence-corrected chi connectivity index (χ3v) is 5.56. The third-order valence-electron chi connectivity index (χ3n) is 5.29. The van der Waals surface area contributed by atoms with Crippen molar-refractivity contribution in [1.29, 1.82) is 0 Å². The summed E-state index contributed by atoms with van der Waals surface area (Å²) in [6.45, 7) is 5.00. The number of piperidine rings is 1. The van der Waals surface area contributed by atoms with Crippen molar-refractivity contribution in [2.75, 3.05) is 24.1 Å². The van der Waals surface area contributed by atoms with E-state index >= 15 is 0 Å². The number of hydrogen-bond donors (Lipinski definition) is 2. The summed E-state index contributed by atoms with van der Waals surface area (Å²) in [5.41, 5.74) is 9.12. The van der Waals surface area contributed by atoms with Crippen LogP contribution in [0.4, 0.5) is 11.6 Å². The minimum absolute atomic E-state index is 0.0249. The maximum atomic E-state index is 12.7. The Morgan fingerprint density at radius 1 is 1.23 bits per heavy atom. The van der Waals surface area contributed by atoms with Crippen LogP contribution in [0.25, 0.3) is 11.3 Å². The molecule has 156 valence electrons. The topological polar surface area (TPSA) is 110 Å². The lowest BCUT2D eigenvalue weighted by molar-refractivity contribution is 0.0718. The SMILES string of the molecule is Cc1noc(C)c1-c1nc(NC2CCN(C(=O)c3ccc(N)cc3)CC2)ncc1Cl. The first kappa shape index (κ1) is 20.2. The number of nitrogens with one attached hydrogen (secondary N) is 1. The standard InChI is InChI=1S/C21H23ClN6O2/c1-12-18(13(2)30-27-12)19-17(22)11-24-21(26-19)25-16-7-9-28(10-8-16)20(29)14-3-5-15(23)6-4-14/h3-6,11,16H,7-10,23H2,1-2H3,(H,24,25,26). The minimum Gasteiger partial charge on any atom is -0.399 e. The molecule has 4 rings (SSSR count). The van der Waals surface area contributed by atoms with E-state index in [2.05, 4.69) is 20.4 Å². The number of nitrogen functional groups attached to an aromatic ring is 1. The van der Waals surface area contributed by atoms with Gasteiger partial charge in [0.15, 0.2) is 0 Å². The summed E-state index contributed by atoms with van der Waals surface area (Å²) in [5.74, 6) is 1.18. The molecular weight excluding hydrogens is 404 g/mol. The molecule has 1 saturated heterocycles. The van der Waals surface area contributed by atoms with Crippen molar-refractivity contribution in [3.05, 3.63) is 52.5 Å². The number of rotatable bonds is 4. The molecule has 3 aromatic rings. The van der Waals surface area contributed by atoms with Crippen LogP contribution < -0.4 is 11.1 Å². The summed E-state index contributed by atoms with van der Waals surface area (Å²) in [4.78, 5) is 23.4. The lowest BCUT2D eigenvalue weighted by Crippen LogP contribution is -2.42. The maximum Gasteiger partial charge on any atom is 0.253 e. The molecule has 0 radical (unpaired) electrons. The molecule has 1 aromatic carbocycles. The number of hydrogen-bond acceptors (Lipinski definition) is 7. The lowest BCUT2D eigenvalue weighted by Gasteiger charge is -2.32. The van der Waals surface area contributed by atoms with Crippen LogP contribution in [0.2, 0.25) is 5.02 Å². The zero-order chi connectivity index (χ0) is 21.3. The number of amides is 1. The molecule has 30 heavy (non-hydrogen) atoms. The zero-order valence-electron chi connectivity index (χ0n) is 16.9. The molecule has 1 fully saturated rings. The highest BCUT2D eigenvalue weighted by molar-refractivity contribution is 6.33. The monoisotopic (exact) mass is 426 g/mol. The molecule has 0 unspecified atom stereocenters.